The summed E-state index contributed by atoms with van der Waals surface area (Å²) in [5.74, 6) is -1.05. The van der Waals surface area contributed by atoms with Crippen molar-refractivity contribution in [1.29, 1.82) is 0 Å². The van der Waals surface area contributed by atoms with Crippen LogP contribution in [0.3, 0.4) is 0 Å². The van der Waals surface area contributed by atoms with Crippen molar-refractivity contribution in [1.82, 2.24) is 9.78 Å². The molecule has 7 heteroatoms. The van der Waals surface area contributed by atoms with E-state index in [9.17, 15) is 13.2 Å². The van der Waals surface area contributed by atoms with Crippen molar-refractivity contribution in [2.24, 2.45) is 0 Å². The minimum atomic E-state index is -3.25. The van der Waals surface area contributed by atoms with Crippen LogP contribution in [0.4, 0.5) is 0 Å². The van der Waals surface area contributed by atoms with E-state index in [1.165, 1.54) is 23.2 Å². The largest absolute Gasteiger partial charge is 0.478 e. The van der Waals surface area contributed by atoms with Gasteiger partial charge in [-0.1, -0.05) is 6.08 Å². The number of carbonyl (C=O) groups is 1. The molecule has 0 amide bonds. The fraction of sp³-hybridized carbons (Fsp3) is 0.250. The van der Waals surface area contributed by atoms with Crippen LogP contribution in [0.1, 0.15) is 0 Å². The molecule has 0 saturated carbocycles. The van der Waals surface area contributed by atoms with Gasteiger partial charge >= 0.3 is 5.97 Å². The number of carboxylic acids is 1. The molecule has 1 N–H and O–H groups in total. The maximum Gasteiger partial charge on any atom is 0.328 e. The summed E-state index contributed by atoms with van der Waals surface area (Å²) in [6.45, 7) is 0.224. The molecule has 1 rings (SSSR count). The third-order valence-electron chi connectivity index (χ3n) is 1.59. The molecule has 0 aliphatic rings. The highest BCUT2D eigenvalue weighted by Crippen LogP contribution is 2.05. The Bertz CT molecular complexity index is 486. The van der Waals surface area contributed by atoms with Gasteiger partial charge in [-0.3, -0.25) is 4.68 Å². The van der Waals surface area contributed by atoms with E-state index >= 15 is 0 Å². The second-order valence-electron chi connectivity index (χ2n) is 2.91. The molecule has 1 aromatic heterocycles. The predicted octanol–water partition coefficient (Wildman–Crippen LogP) is -0.0726. The van der Waals surface area contributed by atoms with Gasteiger partial charge in [-0.25, -0.2) is 13.2 Å². The Balaban J connectivity index is 2.74. The first-order valence-electron chi connectivity index (χ1n) is 4.01. The van der Waals surface area contributed by atoms with Gasteiger partial charge in [-0.05, 0) is 0 Å². The molecule has 0 aliphatic heterocycles. The van der Waals surface area contributed by atoms with Gasteiger partial charge in [0, 0.05) is 18.5 Å². The molecule has 1 aromatic rings. The van der Waals surface area contributed by atoms with Gasteiger partial charge in [0.2, 0.25) is 0 Å². The molecule has 0 fully saturated rings. The van der Waals surface area contributed by atoms with Gasteiger partial charge in [-0.15, -0.1) is 0 Å². The van der Waals surface area contributed by atoms with Crippen molar-refractivity contribution in [3.05, 3.63) is 24.5 Å². The van der Waals surface area contributed by atoms with Gasteiger partial charge in [0.25, 0.3) is 0 Å². The first-order chi connectivity index (χ1) is 6.89. The van der Waals surface area contributed by atoms with Gasteiger partial charge < -0.3 is 5.11 Å². The maximum atomic E-state index is 11.1. The van der Waals surface area contributed by atoms with E-state index < -0.39 is 15.8 Å². The summed E-state index contributed by atoms with van der Waals surface area (Å²) in [6, 6.07) is 0. The van der Waals surface area contributed by atoms with Gasteiger partial charge in [0.05, 0.1) is 12.7 Å². The molecular formula is C8H10N2O4S. The molecule has 0 spiro atoms. The van der Waals surface area contributed by atoms with E-state index in [1.807, 2.05) is 0 Å². The van der Waals surface area contributed by atoms with E-state index in [4.69, 9.17) is 5.11 Å². The van der Waals surface area contributed by atoms with Crippen LogP contribution in [-0.2, 0) is 21.2 Å². The van der Waals surface area contributed by atoms with Crippen molar-refractivity contribution in [2.45, 2.75) is 11.4 Å². The Hall–Kier alpha value is -1.63. The third-order valence-corrected chi connectivity index (χ3v) is 2.66. The molecule has 0 saturated heterocycles. The van der Waals surface area contributed by atoms with Crippen molar-refractivity contribution < 1.29 is 18.3 Å². The van der Waals surface area contributed by atoms with Crippen molar-refractivity contribution in [2.75, 3.05) is 6.26 Å². The summed E-state index contributed by atoms with van der Waals surface area (Å²) >= 11 is 0. The Kier molecular flexibility index (Phi) is 3.25. The highest BCUT2D eigenvalue weighted by atomic mass is 32.2. The van der Waals surface area contributed by atoms with E-state index in [2.05, 4.69) is 5.10 Å². The lowest BCUT2D eigenvalue weighted by Gasteiger charge is -1.93. The second kappa shape index (κ2) is 4.26. The van der Waals surface area contributed by atoms with Crippen LogP contribution in [0.2, 0.25) is 0 Å². The summed E-state index contributed by atoms with van der Waals surface area (Å²) in [6.07, 6.45) is 6.01. The minimum absolute atomic E-state index is 0.117. The van der Waals surface area contributed by atoms with Crippen LogP contribution in [0.15, 0.2) is 29.4 Å². The maximum absolute atomic E-state index is 11.1. The van der Waals surface area contributed by atoms with Gasteiger partial charge in [0.1, 0.15) is 4.90 Å². The number of aromatic nitrogens is 2. The van der Waals surface area contributed by atoms with E-state index in [1.54, 1.807) is 0 Å². The zero-order valence-corrected chi connectivity index (χ0v) is 8.81. The summed E-state index contributed by atoms with van der Waals surface area (Å²) in [5, 5.41) is 12.1. The first kappa shape index (κ1) is 11.4. The molecular weight excluding hydrogens is 220 g/mol. The SMILES string of the molecule is CS(=O)(=O)c1cnn(C/C=C/C(=O)O)c1. The molecule has 0 aliphatic carbocycles. The number of aliphatic carboxylic acids is 1. The van der Waals surface area contributed by atoms with Crippen molar-refractivity contribution in [3.8, 4) is 0 Å². The molecule has 1 heterocycles. The Morgan fingerprint density at radius 1 is 1.67 bits per heavy atom. The molecule has 0 bridgehead atoms. The van der Waals surface area contributed by atoms with Crippen LogP contribution in [0.25, 0.3) is 0 Å². The summed E-state index contributed by atoms with van der Waals surface area (Å²) in [7, 11) is -3.25. The molecule has 0 aromatic carbocycles. The lowest BCUT2D eigenvalue weighted by molar-refractivity contribution is -0.131. The smallest absolute Gasteiger partial charge is 0.328 e. The lowest BCUT2D eigenvalue weighted by atomic mass is 10.5. The molecule has 15 heavy (non-hydrogen) atoms. The van der Waals surface area contributed by atoms with Gasteiger partial charge in [-0.2, -0.15) is 5.10 Å². The standard InChI is InChI=1S/C8H10N2O4S/c1-15(13,14)7-5-9-10(6-7)4-2-3-8(11)12/h2-3,5-6H,4H2,1H3,(H,11,12)/b3-2+. The lowest BCUT2D eigenvalue weighted by Crippen LogP contribution is -1.97. The van der Waals surface area contributed by atoms with Crippen LogP contribution < -0.4 is 0 Å². The Labute approximate surface area is 86.8 Å². The van der Waals surface area contributed by atoms with E-state index in [0.717, 1.165) is 12.3 Å². The zero-order valence-electron chi connectivity index (χ0n) is 7.99. The van der Waals surface area contributed by atoms with Crippen molar-refractivity contribution >= 4 is 15.8 Å². The van der Waals surface area contributed by atoms with Gasteiger partial charge in [0.15, 0.2) is 9.84 Å². The fourth-order valence-corrected chi connectivity index (χ4v) is 1.45. The molecule has 0 atom stereocenters. The van der Waals surface area contributed by atoms with E-state index in [0.29, 0.717) is 0 Å². The number of hydrogen-bond donors (Lipinski definition) is 1. The van der Waals surface area contributed by atoms with Crippen LogP contribution >= 0.6 is 0 Å². The number of allylic oxidation sites excluding steroid dienone is 1. The molecule has 0 unspecified atom stereocenters. The highest BCUT2D eigenvalue weighted by molar-refractivity contribution is 7.90. The zero-order chi connectivity index (χ0) is 11.5. The van der Waals surface area contributed by atoms with Crippen LogP contribution in [-0.4, -0.2) is 35.5 Å². The predicted molar refractivity (Wildman–Crippen MR) is 52.1 cm³/mol. The Morgan fingerprint density at radius 3 is 2.80 bits per heavy atom. The third kappa shape index (κ3) is 3.55. The summed E-state index contributed by atoms with van der Waals surface area (Å²) in [5.41, 5.74) is 0. The number of rotatable bonds is 4. The fourth-order valence-electron chi connectivity index (χ4n) is 0.897. The quantitative estimate of drug-likeness (QED) is 0.731. The molecule has 6 nitrogen and oxygen atoms in total. The highest BCUT2D eigenvalue weighted by Gasteiger charge is 2.08. The number of sulfone groups is 1. The van der Waals surface area contributed by atoms with E-state index in [-0.39, 0.29) is 11.4 Å². The summed E-state index contributed by atoms with van der Waals surface area (Å²) < 4.78 is 23.5. The second-order valence-corrected chi connectivity index (χ2v) is 4.93. The number of hydrogen-bond acceptors (Lipinski definition) is 4. The van der Waals surface area contributed by atoms with Crippen LogP contribution in [0.5, 0.6) is 0 Å². The number of carboxylic acid groups (broad SMARTS) is 1. The summed E-state index contributed by atoms with van der Waals surface area (Å²) in [4.78, 5) is 10.3. The molecule has 0 radical (unpaired) electrons. The number of nitrogens with zero attached hydrogens (tertiary/aromatic N) is 2. The van der Waals surface area contributed by atoms with Crippen LogP contribution in [0, 0.1) is 0 Å². The van der Waals surface area contributed by atoms with Crippen molar-refractivity contribution in [3.63, 3.8) is 0 Å². The molecule has 82 valence electrons. The topological polar surface area (TPSA) is 89.3 Å². The average Bonchev–Trinajstić information content (AvgIpc) is 2.51. The average molecular weight is 230 g/mol. The first-order valence-corrected chi connectivity index (χ1v) is 5.91. The minimum Gasteiger partial charge on any atom is -0.478 e. The normalized spacial score (nSPS) is 12.1. The Morgan fingerprint density at radius 2 is 2.33 bits per heavy atom. The monoisotopic (exact) mass is 230 g/mol.